The SMILES string of the molecule is CCNC(=NCc1ccc(-n2ccnc2C)c(F)c1)NCc1ccc2c(c1)OCO2.I. The Labute approximate surface area is 197 Å². The summed E-state index contributed by atoms with van der Waals surface area (Å²) in [5.74, 6) is 2.60. The number of halogens is 2. The normalized spacial score (nSPS) is 12.4. The lowest BCUT2D eigenvalue weighted by Crippen LogP contribution is -2.36. The first kappa shape index (κ1) is 22.9. The Balaban J connectivity index is 0.00000272. The topological polar surface area (TPSA) is 72.7 Å². The minimum atomic E-state index is -0.304. The van der Waals surface area contributed by atoms with Gasteiger partial charge < -0.3 is 24.7 Å². The molecule has 0 atom stereocenters. The predicted octanol–water partition coefficient (Wildman–Crippen LogP) is 3.92. The third-order valence-electron chi connectivity index (χ3n) is 4.76. The van der Waals surface area contributed by atoms with Gasteiger partial charge in [0.1, 0.15) is 11.6 Å². The quantitative estimate of drug-likeness (QED) is 0.284. The molecule has 0 radical (unpaired) electrons. The molecule has 3 aromatic rings. The summed E-state index contributed by atoms with van der Waals surface area (Å²) in [4.78, 5) is 8.72. The van der Waals surface area contributed by atoms with Crippen molar-refractivity contribution in [3.8, 4) is 17.2 Å². The number of hydrogen-bond acceptors (Lipinski definition) is 4. The molecule has 0 amide bonds. The van der Waals surface area contributed by atoms with Crippen molar-refractivity contribution in [3.05, 3.63) is 71.6 Å². The summed E-state index contributed by atoms with van der Waals surface area (Å²) < 4.78 is 27.1. The highest BCUT2D eigenvalue weighted by molar-refractivity contribution is 14.0. The summed E-state index contributed by atoms with van der Waals surface area (Å²) in [6, 6.07) is 11.0. The number of rotatable bonds is 6. The third-order valence-corrected chi connectivity index (χ3v) is 4.76. The van der Waals surface area contributed by atoms with Gasteiger partial charge in [-0.05, 0) is 49.2 Å². The van der Waals surface area contributed by atoms with Crippen molar-refractivity contribution in [3.63, 3.8) is 0 Å². The predicted molar refractivity (Wildman–Crippen MR) is 128 cm³/mol. The Morgan fingerprint density at radius 3 is 2.68 bits per heavy atom. The number of aromatic nitrogens is 2. The third kappa shape index (κ3) is 5.46. The summed E-state index contributed by atoms with van der Waals surface area (Å²) >= 11 is 0. The largest absolute Gasteiger partial charge is 0.454 e. The van der Waals surface area contributed by atoms with E-state index in [9.17, 15) is 4.39 Å². The highest BCUT2D eigenvalue weighted by Crippen LogP contribution is 2.32. The molecule has 9 heteroatoms. The average Bonchev–Trinajstić information content (AvgIpc) is 3.38. The molecule has 2 N–H and O–H groups in total. The van der Waals surface area contributed by atoms with Crippen molar-refractivity contribution >= 4 is 29.9 Å². The van der Waals surface area contributed by atoms with Crippen molar-refractivity contribution < 1.29 is 13.9 Å². The Kier molecular flexibility index (Phi) is 7.72. The molecule has 0 unspecified atom stereocenters. The number of guanidine groups is 1. The first-order chi connectivity index (χ1) is 14.6. The Hall–Kier alpha value is -2.82. The minimum absolute atomic E-state index is 0. The van der Waals surface area contributed by atoms with Crippen LogP contribution in [0.3, 0.4) is 0 Å². The molecule has 0 saturated carbocycles. The van der Waals surface area contributed by atoms with Crippen LogP contribution in [-0.2, 0) is 13.1 Å². The molecule has 0 saturated heterocycles. The van der Waals surface area contributed by atoms with Crippen LogP contribution in [0.15, 0.2) is 53.8 Å². The molecule has 31 heavy (non-hydrogen) atoms. The van der Waals surface area contributed by atoms with Crippen LogP contribution in [0.2, 0.25) is 0 Å². The van der Waals surface area contributed by atoms with Crippen molar-refractivity contribution in [2.45, 2.75) is 26.9 Å². The van der Waals surface area contributed by atoms with Crippen LogP contribution >= 0.6 is 24.0 Å². The van der Waals surface area contributed by atoms with Crippen molar-refractivity contribution in [1.29, 1.82) is 0 Å². The number of imidazole rings is 1. The zero-order chi connectivity index (χ0) is 20.9. The standard InChI is InChI=1S/C22H24FN5O2.HI/c1-3-24-22(27-13-17-5-7-20-21(11-17)30-14-29-20)26-12-16-4-6-19(18(23)10-16)28-9-8-25-15(28)2;/h4-11H,3,12-14H2,1-2H3,(H2,24,26,27);1H. The molecule has 0 fully saturated rings. The van der Waals surface area contributed by atoms with Gasteiger partial charge in [-0.3, -0.25) is 0 Å². The number of hydrogen-bond donors (Lipinski definition) is 2. The number of nitrogens with zero attached hydrogens (tertiary/aromatic N) is 3. The van der Waals surface area contributed by atoms with Crippen LogP contribution in [0.25, 0.3) is 5.69 Å². The zero-order valence-corrected chi connectivity index (χ0v) is 19.7. The highest BCUT2D eigenvalue weighted by Gasteiger charge is 2.13. The van der Waals surface area contributed by atoms with E-state index in [1.54, 1.807) is 23.0 Å². The molecule has 2 aromatic carbocycles. The molecule has 0 aliphatic carbocycles. The maximum atomic E-state index is 14.6. The van der Waals surface area contributed by atoms with Gasteiger partial charge in [-0.15, -0.1) is 24.0 Å². The molecule has 0 bridgehead atoms. The number of aliphatic imine (C=N–C) groups is 1. The zero-order valence-electron chi connectivity index (χ0n) is 17.4. The molecule has 4 rings (SSSR count). The number of fused-ring (bicyclic) bond motifs is 1. The fourth-order valence-electron chi connectivity index (χ4n) is 3.23. The fourth-order valence-corrected chi connectivity index (χ4v) is 3.23. The minimum Gasteiger partial charge on any atom is -0.454 e. The smallest absolute Gasteiger partial charge is 0.231 e. The van der Waals surface area contributed by atoms with Gasteiger partial charge in [0.2, 0.25) is 6.79 Å². The van der Waals surface area contributed by atoms with E-state index >= 15 is 0 Å². The maximum absolute atomic E-state index is 14.6. The van der Waals surface area contributed by atoms with Crippen LogP contribution in [0.4, 0.5) is 4.39 Å². The lowest BCUT2D eigenvalue weighted by atomic mass is 10.2. The summed E-state index contributed by atoms with van der Waals surface area (Å²) in [5, 5.41) is 6.50. The molecule has 164 valence electrons. The van der Waals surface area contributed by atoms with Gasteiger partial charge in [-0.25, -0.2) is 14.4 Å². The monoisotopic (exact) mass is 537 g/mol. The molecular formula is C22H25FIN5O2. The van der Waals surface area contributed by atoms with Gasteiger partial charge in [0.25, 0.3) is 0 Å². The summed E-state index contributed by atoms with van der Waals surface area (Å²) in [6.45, 7) is 5.75. The Morgan fingerprint density at radius 2 is 1.94 bits per heavy atom. The second kappa shape index (κ2) is 10.5. The summed E-state index contributed by atoms with van der Waals surface area (Å²) in [6.07, 6.45) is 3.40. The highest BCUT2D eigenvalue weighted by atomic mass is 127. The van der Waals surface area contributed by atoms with Gasteiger partial charge in [0, 0.05) is 25.5 Å². The van der Waals surface area contributed by atoms with E-state index in [2.05, 4.69) is 20.6 Å². The number of aryl methyl sites for hydroxylation is 1. The Morgan fingerprint density at radius 1 is 1.13 bits per heavy atom. The van der Waals surface area contributed by atoms with Gasteiger partial charge in [0.15, 0.2) is 17.5 Å². The van der Waals surface area contributed by atoms with Crippen molar-refractivity contribution in [2.24, 2.45) is 4.99 Å². The summed E-state index contributed by atoms with van der Waals surface area (Å²) in [7, 11) is 0. The van der Waals surface area contributed by atoms with Gasteiger partial charge >= 0.3 is 0 Å². The van der Waals surface area contributed by atoms with Crippen LogP contribution in [0.1, 0.15) is 23.9 Å². The fraction of sp³-hybridized carbons (Fsp3) is 0.273. The van der Waals surface area contributed by atoms with Crippen molar-refractivity contribution in [2.75, 3.05) is 13.3 Å². The second-order valence-electron chi connectivity index (χ2n) is 6.87. The first-order valence-electron chi connectivity index (χ1n) is 9.83. The van der Waals surface area contributed by atoms with Crippen LogP contribution < -0.4 is 20.1 Å². The van der Waals surface area contributed by atoms with Crippen LogP contribution in [-0.4, -0.2) is 28.8 Å². The van der Waals surface area contributed by atoms with Crippen LogP contribution in [0, 0.1) is 12.7 Å². The molecular weight excluding hydrogens is 512 g/mol. The molecule has 0 spiro atoms. The lowest BCUT2D eigenvalue weighted by molar-refractivity contribution is 0.174. The van der Waals surface area contributed by atoms with E-state index in [-0.39, 0.29) is 36.6 Å². The Bertz CT molecular complexity index is 1070. The second-order valence-corrected chi connectivity index (χ2v) is 6.87. The summed E-state index contributed by atoms with van der Waals surface area (Å²) in [5.41, 5.74) is 2.32. The van der Waals surface area contributed by atoms with E-state index in [4.69, 9.17) is 9.47 Å². The molecule has 1 aliphatic heterocycles. The van der Waals surface area contributed by atoms with E-state index in [0.717, 1.165) is 35.0 Å². The molecule has 2 heterocycles. The first-order valence-corrected chi connectivity index (χ1v) is 9.83. The van der Waals surface area contributed by atoms with E-state index in [0.29, 0.717) is 24.7 Å². The molecule has 1 aliphatic rings. The maximum Gasteiger partial charge on any atom is 0.231 e. The van der Waals surface area contributed by atoms with Crippen LogP contribution in [0.5, 0.6) is 11.5 Å². The molecule has 1 aromatic heterocycles. The molecule has 7 nitrogen and oxygen atoms in total. The number of benzene rings is 2. The van der Waals surface area contributed by atoms with Gasteiger partial charge in [0.05, 0.1) is 12.2 Å². The van der Waals surface area contributed by atoms with E-state index < -0.39 is 0 Å². The number of ether oxygens (including phenoxy) is 2. The van der Waals surface area contributed by atoms with Gasteiger partial charge in [-0.2, -0.15) is 0 Å². The average molecular weight is 537 g/mol. The van der Waals surface area contributed by atoms with Gasteiger partial charge in [-0.1, -0.05) is 12.1 Å². The van der Waals surface area contributed by atoms with Crippen molar-refractivity contribution in [1.82, 2.24) is 20.2 Å². The van der Waals surface area contributed by atoms with E-state index in [1.807, 2.05) is 38.1 Å². The number of nitrogens with one attached hydrogen (secondary N) is 2. The van der Waals surface area contributed by atoms with E-state index in [1.165, 1.54) is 6.07 Å². The lowest BCUT2D eigenvalue weighted by Gasteiger charge is -2.12.